The predicted octanol–water partition coefficient (Wildman–Crippen LogP) is 1.61. The molecule has 2 aliphatic rings. The standard InChI is InChI=1S/C21H27N5O2/c1-24-15-22-23-19(24)11-16-7-9-25(10-8-16)21(28)14-26-13-18(12-20(26)27)17-5-3-2-4-6-17/h2-6,15-16,18H,7-14H2,1H3. The van der Waals surface area contributed by atoms with E-state index < -0.39 is 0 Å². The number of hydrogen-bond donors (Lipinski definition) is 0. The first-order valence-corrected chi connectivity index (χ1v) is 10.0. The minimum atomic E-state index is 0.0687. The molecule has 2 aliphatic heterocycles. The van der Waals surface area contributed by atoms with Gasteiger partial charge in [0.25, 0.3) is 0 Å². The monoisotopic (exact) mass is 381 g/mol. The molecule has 1 aromatic carbocycles. The molecular weight excluding hydrogens is 354 g/mol. The van der Waals surface area contributed by atoms with Crippen LogP contribution in [0.4, 0.5) is 0 Å². The number of benzene rings is 1. The average molecular weight is 381 g/mol. The van der Waals surface area contributed by atoms with Gasteiger partial charge in [-0.15, -0.1) is 10.2 Å². The molecule has 0 spiro atoms. The Morgan fingerprint density at radius 3 is 2.61 bits per heavy atom. The Labute approximate surface area is 165 Å². The molecule has 0 bridgehead atoms. The van der Waals surface area contributed by atoms with Gasteiger partial charge in [0.05, 0.1) is 6.54 Å². The molecule has 3 heterocycles. The Kier molecular flexibility index (Phi) is 5.41. The Bertz CT molecular complexity index is 826. The number of carbonyl (C=O) groups excluding carboxylic acids is 2. The summed E-state index contributed by atoms with van der Waals surface area (Å²) in [5.41, 5.74) is 1.18. The number of carbonyl (C=O) groups is 2. The topological polar surface area (TPSA) is 71.3 Å². The van der Waals surface area contributed by atoms with Crippen LogP contribution in [0.1, 0.15) is 36.6 Å². The van der Waals surface area contributed by atoms with E-state index in [1.165, 1.54) is 5.56 Å². The van der Waals surface area contributed by atoms with Crippen molar-refractivity contribution < 1.29 is 9.59 Å². The minimum absolute atomic E-state index is 0.0687. The van der Waals surface area contributed by atoms with Crippen molar-refractivity contribution in [3.05, 3.63) is 48.0 Å². The zero-order valence-corrected chi connectivity index (χ0v) is 16.3. The van der Waals surface area contributed by atoms with E-state index in [0.717, 1.165) is 38.2 Å². The SMILES string of the molecule is Cn1cnnc1CC1CCN(C(=O)CN2CC(c3ccccc3)CC2=O)CC1. The lowest BCUT2D eigenvalue weighted by molar-refractivity contribution is -0.139. The van der Waals surface area contributed by atoms with Crippen LogP contribution in [0.15, 0.2) is 36.7 Å². The summed E-state index contributed by atoms with van der Waals surface area (Å²) >= 11 is 0. The van der Waals surface area contributed by atoms with Gasteiger partial charge in [0.15, 0.2) is 0 Å². The van der Waals surface area contributed by atoms with Crippen molar-refractivity contribution in [2.45, 2.75) is 31.6 Å². The second-order valence-corrected chi connectivity index (χ2v) is 7.97. The molecule has 2 aromatic rings. The van der Waals surface area contributed by atoms with Gasteiger partial charge in [0.1, 0.15) is 12.2 Å². The Balaban J connectivity index is 1.27. The van der Waals surface area contributed by atoms with Crippen LogP contribution >= 0.6 is 0 Å². The maximum absolute atomic E-state index is 12.7. The van der Waals surface area contributed by atoms with Gasteiger partial charge in [-0.25, -0.2) is 0 Å². The van der Waals surface area contributed by atoms with Crippen molar-refractivity contribution in [3.8, 4) is 0 Å². The van der Waals surface area contributed by atoms with Crippen molar-refractivity contribution in [1.29, 1.82) is 0 Å². The molecule has 7 nitrogen and oxygen atoms in total. The van der Waals surface area contributed by atoms with Crippen molar-refractivity contribution in [2.75, 3.05) is 26.2 Å². The molecule has 4 rings (SSSR count). The van der Waals surface area contributed by atoms with Crippen LogP contribution in [0.2, 0.25) is 0 Å². The lowest BCUT2D eigenvalue weighted by Gasteiger charge is -2.33. The van der Waals surface area contributed by atoms with Crippen LogP contribution in [0, 0.1) is 5.92 Å². The molecule has 1 atom stereocenters. The summed E-state index contributed by atoms with van der Waals surface area (Å²) < 4.78 is 1.96. The highest BCUT2D eigenvalue weighted by atomic mass is 16.2. The third kappa shape index (κ3) is 4.08. The smallest absolute Gasteiger partial charge is 0.242 e. The van der Waals surface area contributed by atoms with E-state index in [1.54, 1.807) is 11.2 Å². The fourth-order valence-electron chi connectivity index (χ4n) is 4.27. The summed E-state index contributed by atoms with van der Waals surface area (Å²) in [6, 6.07) is 10.1. The van der Waals surface area contributed by atoms with Crippen LogP contribution in [0.5, 0.6) is 0 Å². The number of amides is 2. The summed E-state index contributed by atoms with van der Waals surface area (Å²) in [5.74, 6) is 1.87. The molecule has 148 valence electrons. The maximum atomic E-state index is 12.7. The molecule has 0 saturated carbocycles. The quantitative estimate of drug-likeness (QED) is 0.789. The number of nitrogens with zero attached hydrogens (tertiary/aromatic N) is 5. The number of hydrogen-bond acceptors (Lipinski definition) is 4. The summed E-state index contributed by atoms with van der Waals surface area (Å²) in [5, 5.41) is 8.09. The lowest BCUT2D eigenvalue weighted by atomic mass is 9.93. The molecule has 0 aliphatic carbocycles. The highest BCUT2D eigenvalue weighted by molar-refractivity contribution is 5.86. The summed E-state index contributed by atoms with van der Waals surface area (Å²) in [6.07, 6.45) is 5.07. The molecule has 1 unspecified atom stereocenters. The number of rotatable bonds is 5. The number of piperidine rings is 1. The third-order valence-corrected chi connectivity index (χ3v) is 6.06. The molecule has 2 fully saturated rings. The average Bonchev–Trinajstić information content (AvgIpc) is 3.29. The molecule has 0 radical (unpaired) electrons. The van der Waals surface area contributed by atoms with E-state index in [4.69, 9.17) is 0 Å². The normalized spacial score (nSPS) is 20.8. The molecule has 2 amide bonds. The first kappa shape index (κ1) is 18.7. The summed E-state index contributed by atoms with van der Waals surface area (Å²) in [7, 11) is 1.96. The lowest BCUT2D eigenvalue weighted by Crippen LogP contribution is -2.44. The molecule has 28 heavy (non-hydrogen) atoms. The van der Waals surface area contributed by atoms with Gasteiger partial charge < -0.3 is 14.4 Å². The molecule has 0 N–H and O–H groups in total. The first-order chi connectivity index (χ1) is 13.6. The van der Waals surface area contributed by atoms with Crippen LogP contribution in [0.25, 0.3) is 0 Å². The number of aromatic nitrogens is 3. The first-order valence-electron chi connectivity index (χ1n) is 10.0. The highest BCUT2D eigenvalue weighted by Crippen LogP contribution is 2.28. The molecule has 1 aromatic heterocycles. The van der Waals surface area contributed by atoms with Crippen LogP contribution in [-0.2, 0) is 23.1 Å². The molecular formula is C21H27N5O2. The van der Waals surface area contributed by atoms with Gasteiger partial charge in [-0.3, -0.25) is 9.59 Å². The highest BCUT2D eigenvalue weighted by Gasteiger charge is 2.33. The van der Waals surface area contributed by atoms with Crippen molar-refractivity contribution in [1.82, 2.24) is 24.6 Å². The van der Waals surface area contributed by atoms with Crippen LogP contribution in [0.3, 0.4) is 0 Å². The number of aryl methyl sites for hydroxylation is 1. The van der Waals surface area contributed by atoms with Gasteiger partial charge in [0.2, 0.25) is 11.8 Å². The fraction of sp³-hybridized carbons (Fsp3) is 0.524. The van der Waals surface area contributed by atoms with Gasteiger partial charge in [-0.2, -0.15) is 0 Å². The third-order valence-electron chi connectivity index (χ3n) is 6.06. The van der Waals surface area contributed by atoms with Crippen molar-refractivity contribution >= 4 is 11.8 Å². The Hall–Kier alpha value is -2.70. The van der Waals surface area contributed by atoms with E-state index in [1.807, 2.05) is 34.7 Å². The van der Waals surface area contributed by atoms with E-state index in [0.29, 0.717) is 18.9 Å². The predicted molar refractivity (Wildman–Crippen MR) is 104 cm³/mol. The van der Waals surface area contributed by atoms with Gasteiger partial charge in [-0.05, 0) is 24.3 Å². The van der Waals surface area contributed by atoms with E-state index in [9.17, 15) is 9.59 Å². The summed E-state index contributed by atoms with van der Waals surface area (Å²) in [6.45, 7) is 2.35. The van der Waals surface area contributed by atoms with Gasteiger partial charge in [-0.1, -0.05) is 30.3 Å². The van der Waals surface area contributed by atoms with Crippen molar-refractivity contribution in [3.63, 3.8) is 0 Å². The van der Waals surface area contributed by atoms with Gasteiger partial charge in [0, 0.05) is 45.4 Å². The summed E-state index contributed by atoms with van der Waals surface area (Å²) in [4.78, 5) is 28.7. The van der Waals surface area contributed by atoms with Crippen LogP contribution < -0.4 is 0 Å². The number of likely N-dealkylation sites (tertiary alicyclic amines) is 2. The Morgan fingerprint density at radius 2 is 1.93 bits per heavy atom. The zero-order valence-electron chi connectivity index (χ0n) is 16.3. The van der Waals surface area contributed by atoms with Crippen LogP contribution in [-0.4, -0.2) is 62.6 Å². The fourth-order valence-corrected chi connectivity index (χ4v) is 4.27. The minimum Gasteiger partial charge on any atom is -0.341 e. The van der Waals surface area contributed by atoms with E-state index in [-0.39, 0.29) is 24.3 Å². The van der Waals surface area contributed by atoms with Gasteiger partial charge >= 0.3 is 0 Å². The van der Waals surface area contributed by atoms with E-state index >= 15 is 0 Å². The molecule has 2 saturated heterocycles. The Morgan fingerprint density at radius 1 is 1.18 bits per heavy atom. The molecule has 7 heteroatoms. The maximum Gasteiger partial charge on any atom is 0.242 e. The van der Waals surface area contributed by atoms with Crippen molar-refractivity contribution in [2.24, 2.45) is 13.0 Å². The second kappa shape index (κ2) is 8.12. The van der Waals surface area contributed by atoms with E-state index in [2.05, 4.69) is 22.3 Å². The zero-order chi connectivity index (χ0) is 19.5. The largest absolute Gasteiger partial charge is 0.341 e. The second-order valence-electron chi connectivity index (χ2n) is 7.97.